The number of carbonyl (C=O) groups is 1. The van der Waals surface area contributed by atoms with Gasteiger partial charge in [-0.15, -0.1) is 0 Å². The summed E-state index contributed by atoms with van der Waals surface area (Å²) in [5.41, 5.74) is 0. The van der Waals surface area contributed by atoms with Crippen molar-refractivity contribution < 1.29 is 9.53 Å². The summed E-state index contributed by atoms with van der Waals surface area (Å²) in [7, 11) is 3.30. The van der Waals surface area contributed by atoms with Gasteiger partial charge in [-0.05, 0) is 49.4 Å². The molecule has 23 heavy (non-hydrogen) atoms. The zero-order valence-electron chi connectivity index (χ0n) is 14.8. The third-order valence-electron chi connectivity index (χ3n) is 6.31. The molecule has 1 saturated heterocycles. The summed E-state index contributed by atoms with van der Waals surface area (Å²) in [6.45, 7) is 4.69. The molecule has 0 aromatic carbocycles. The van der Waals surface area contributed by atoms with Crippen LogP contribution in [0, 0.1) is 29.6 Å². The van der Waals surface area contributed by atoms with Crippen LogP contribution in [0.5, 0.6) is 0 Å². The molecule has 1 heterocycles. The Morgan fingerprint density at radius 2 is 2.13 bits per heavy atom. The lowest BCUT2D eigenvalue weighted by Gasteiger charge is -2.24. The number of guanidine groups is 1. The smallest absolute Gasteiger partial charge is 0.310 e. The predicted octanol–water partition coefficient (Wildman–Crippen LogP) is 2.13. The summed E-state index contributed by atoms with van der Waals surface area (Å²) >= 11 is 0. The van der Waals surface area contributed by atoms with Crippen molar-refractivity contribution in [2.45, 2.75) is 39.0 Å². The van der Waals surface area contributed by atoms with Crippen LogP contribution < -0.4 is 5.32 Å². The Bertz CT molecular complexity index is 465. The number of ether oxygens (including phenoxy) is 1. The molecule has 5 unspecified atom stereocenters. The molecule has 1 N–H and O–H groups in total. The fourth-order valence-electron chi connectivity index (χ4n) is 5.03. The van der Waals surface area contributed by atoms with E-state index >= 15 is 0 Å². The van der Waals surface area contributed by atoms with E-state index in [4.69, 9.17) is 4.74 Å². The Labute approximate surface area is 139 Å². The average molecular weight is 321 g/mol. The molecule has 0 aromatic rings. The van der Waals surface area contributed by atoms with Crippen molar-refractivity contribution in [3.63, 3.8) is 0 Å². The van der Waals surface area contributed by atoms with Gasteiger partial charge >= 0.3 is 5.97 Å². The molecule has 2 saturated carbocycles. The first-order valence-corrected chi connectivity index (χ1v) is 9.15. The van der Waals surface area contributed by atoms with E-state index < -0.39 is 0 Å². The molecule has 0 amide bonds. The van der Waals surface area contributed by atoms with Gasteiger partial charge < -0.3 is 15.0 Å². The van der Waals surface area contributed by atoms with Gasteiger partial charge in [-0.2, -0.15) is 0 Å². The topological polar surface area (TPSA) is 53.9 Å². The van der Waals surface area contributed by atoms with Crippen molar-refractivity contribution >= 4 is 11.9 Å². The molecular weight excluding hydrogens is 290 g/mol. The largest absolute Gasteiger partial charge is 0.469 e. The normalized spacial score (nSPS) is 36.6. The molecule has 2 bridgehead atoms. The van der Waals surface area contributed by atoms with E-state index in [-0.39, 0.29) is 11.9 Å². The van der Waals surface area contributed by atoms with Gasteiger partial charge in [-0.3, -0.25) is 9.79 Å². The van der Waals surface area contributed by atoms with Gasteiger partial charge in [0, 0.05) is 26.7 Å². The lowest BCUT2D eigenvalue weighted by molar-refractivity contribution is -0.145. The lowest BCUT2D eigenvalue weighted by atomic mass is 9.86. The molecule has 5 atom stereocenters. The second-order valence-corrected chi connectivity index (χ2v) is 7.71. The zero-order chi connectivity index (χ0) is 16.4. The van der Waals surface area contributed by atoms with Crippen molar-refractivity contribution in [1.29, 1.82) is 0 Å². The minimum absolute atomic E-state index is 0.0379. The van der Waals surface area contributed by atoms with E-state index in [9.17, 15) is 4.79 Å². The molecule has 1 aliphatic heterocycles. The highest BCUT2D eigenvalue weighted by Crippen LogP contribution is 2.49. The number of aliphatic imine (C=N–C) groups is 1. The summed E-state index contributed by atoms with van der Waals surface area (Å²) in [6, 6.07) is 0. The SMILES string of the molecule is CN=C(NCCC1CC2CCC1C2)N1CC(C)C(C(=O)OC)C1. The molecule has 3 fully saturated rings. The highest BCUT2D eigenvalue weighted by Gasteiger charge is 2.39. The van der Waals surface area contributed by atoms with E-state index in [1.807, 2.05) is 7.05 Å². The third-order valence-corrected chi connectivity index (χ3v) is 6.31. The Hall–Kier alpha value is -1.26. The Kier molecular flexibility index (Phi) is 5.12. The number of nitrogens with zero attached hydrogens (tertiary/aromatic N) is 2. The molecule has 130 valence electrons. The average Bonchev–Trinajstić information content (AvgIpc) is 3.26. The predicted molar refractivity (Wildman–Crippen MR) is 91.2 cm³/mol. The van der Waals surface area contributed by atoms with E-state index in [1.165, 1.54) is 39.2 Å². The quantitative estimate of drug-likeness (QED) is 0.490. The van der Waals surface area contributed by atoms with Crippen molar-refractivity contribution in [2.24, 2.45) is 34.6 Å². The first-order chi connectivity index (χ1) is 11.1. The summed E-state index contributed by atoms with van der Waals surface area (Å²) in [6.07, 6.45) is 7.09. The first kappa shape index (κ1) is 16.6. The van der Waals surface area contributed by atoms with Gasteiger partial charge in [0.05, 0.1) is 13.0 Å². The number of esters is 1. The van der Waals surface area contributed by atoms with Crippen LogP contribution in [0.2, 0.25) is 0 Å². The molecule has 5 nitrogen and oxygen atoms in total. The Morgan fingerprint density at radius 3 is 2.74 bits per heavy atom. The van der Waals surface area contributed by atoms with Crippen LogP contribution in [0.25, 0.3) is 0 Å². The van der Waals surface area contributed by atoms with E-state index in [1.54, 1.807) is 0 Å². The van der Waals surface area contributed by atoms with Gasteiger partial charge in [0.1, 0.15) is 0 Å². The molecule has 0 aromatic heterocycles. The molecule has 3 aliphatic rings. The fourth-order valence-corrected chi connectivity index (χ4v) is 5.03. The number of hydrogen-bond donors (Lipinski definition) is 1. The maximum Gasteiger partial charge on any atom is 0.310 e. The van der Waals surface area contributed by atoms with Gasteiger partial charge in [0.25, 0.3) is 0 Å². The van der Waals surface area contributed by atoms with Crippen LogP contribution in [0.15, 0.2) is 4.99 Å². The number of carbonyl (C=O) groups excluding carboxylic acids is 1. The monoisotopic (exact) mass is 321 g/mol. The number of nitrogens with one attached hydrogen (secondary N) is 1. The number of rotatable bonds is 4. The van der Waals surface area contributed by atoms with Crippen molar-refractivity contribution in [3.8, 4) is 0 Å². The van der Waals surface area contributed by atoms with Gasteiger partial charge in [0.15, 0.2) is 5.96 Å². The van der Waals surface area contributed by atoms with Crippen LogP contribution in [0.3, 0.4) is 0 Å². The molecule has 5 heteroatoms. The second-order valence-electron chi connectivity index (χ2n) is 7.71. The number of fused-ring (bicyclic) bond motifs is 2. The van der Waals surface area contributed by atoms with E-state index in [0.717, 1.165) is 36.8 Å². The second kappa shape index (κ2) is 7.10. The Morgan fingerprint density at radius 1 is 1.30 bits per heavy atom. The van der Waals surface area contributed by atoms with Crippen molar-refractivity contribution in [1.82, 2.24) is 10.2 Å². The Balaban J connectivity index is 1.46. The fraction of sp³-hybridized carbons (Fsp3) is 0.889. The van der Waals surface area contributed by atoms with Gasteiger partial charge in [-0.1, -0.05) is 13.3 Å². The van der Waals surface area contributed by atoms with E-state index in [0.29, 0.717) is 12.5 Å². The molecule has 2 aliphatic carbocycles. The molecular formula is C18H31N3O2. The van der Waals surface area contributed by atoms with Crippen LogP contribution in [0.1, 0.15) is 39.0 Å². The maximum absolute atomic E-state index is 11.8. The maximum atomic E-state index is 11.8. The summed E-state index contributed by atoms with van der Waals surface area (Å²) in [5, 5.41) is 3.52. The summed E-state index contributed by atoms with van der Waals surface area (Å²) < 4.78 is 4.92. The molecule has 0 spiro atoms. The van der Waals surface area contributed by atoms with Crippen LogP contribution in [-0.4, -0.2) is 50.6 Å². The van der Waals surface area contributed by atoms with Crippen LogP contribution in [-0.2, 0) is 9.53 Å². The number of methoxy groups -OCH3 is 1. The minimum Gasteiger partial charge on any atom is -0.469 e. The number of likely N-dealkylation sites (tertiary alicyclic amines) is 1. The summed E-state index contributed by atoms with van der Waals surface area (Å²) in [4.78, 5) is 18.5. The standard InChI is InChI=1S/C18H31N3O2/c1-12-10-21(11-16(12)17(22)23-3)18(19-2)20-7-6-15-9-13-4-5-14(15)8-13/h12-16H,4-11H2,1-3H3,(H,19,20). The third kappa shape index (κ3) is 3.48. The van der Waals surface area contributed by atoms with Gasteiger partial charge in [0.2, 0.25) is 0 Å². The molecule has 0 radical (unpaired) electrons. The number of hydrogen-bond acceptors (Lipinski definition) is 3. The minimum atomic E-state index is -0.0996. The van der Waals surface area contributed by atoms with Crippen molar-refractivity contribution in [2.75, 3.05) is 33.8 Å². The summed E-state index contributed by atoms with van der Waals surface area (Å²) in [5.74, 6) is 4.03. The van der Waals surface area contributed by atoms with Crippen LogP contribution in [0.4, 0.5) is 0 Å². The van der Waals surface area contributed by atoms with E-state index in [2.05, 4.69) is 22.1 Å². The van der Waals surface area contributed by atoms with Gasteiger partial charge in [-0.25, -0.2) is 0 Å². The van der Waals surface area contributed by atoms with Crippen LogP contribution >= 0.6 is 0 Å². The molecule has 3 rings (SSSR count). The lowest BCUT2D eigenvalue weighted by Crippen LogP contribution is -2.41. The highest BCUT2D eigenvalue weighted by atomic mass is 16.5. The highest BCUT2D eigenvalue weighted by molar-refractivity contribution is 5.82. The first-order valence-electron chi connectivity index (χ1n) is 9.15. The zero-order valence-corrected chi connectivity index (χ0v) is 14.8. The van der Waals surface area contributed by atoms with Crippen molar-refractivity contribution in [3.05, 3.63) is 0 Å².